The van der Waals surface area contributed by atoms with E-state index in [1.54, 1.807) is 0 Å². The van der Waals surface area contributed by atoms with Crippen molar-refractivity contribution in [3.63, 3.8) is 0 Å². The molecule has 98 valence electrons. The molecular weight excluding hydrogens is 244 g/mol. The fourth-order valence-corrected chi connectivity index (χ4v) is 2.20. The number of benzene rings is 2. The standard InChI is InChI=1S/C18H16N2/c1-19-17-10-11-18(20-13-17)16-9-5-8-15(12-16)14-6-3-2-4-7-14/h2-13,19H,1H3. The summed E-state index contributed by atoms with van der Waals surface area (Å²) in [5, 5.41) is 3.08. The Morgan fingerprint density at radius 3 is 2.20 bits per heavy atom. The molecule has 0 saturated carbocycles. The highest BCUT2D eigenvalue weighted by atomic mass is 14.8. The Morgan fingerprint density at radius 2 is 1.50 bits per heavy atom. The van der Waals surface area contributed by atoms with Gasteiger partial charge in [0.05, 0.1) is 17.6 Å². The predicted molar refractivity (Wildman–Crippen MR) is 84.7 cm³/mol. The topological polar surface area (TPSA) is 24.9 Å². The monoisotopic (exact) mass is 260 g/mol. The first-order valence-electron chi connectivity index (χ1n) is 6.66. The van der Waals surface area contributed by atoms with Crippen LogP contribution in [0.25, 0.3) is 22.4 Å². The summed E-state index contributed by atoms with van der Waals surface area (Å²) in [4.78, 5) is 4.49. The molecule has 0 aliphatic rings. The normalized spacial score (nSPS) is 10.2. The molecule has 2 nitrogen and oxygen atoms in total. The number of nitrogens with zero attached hydrogens (tertiary/aromatic N) is 1. The van der Waals surface area contributed by atoms with Crippen LogP contribution in [0.3, 0.4) is 0 Å². The molecule has 0 atom stereocenters. The van der Waals surface area contributed by atoms with Crippen LogP contribution < -0.4 is 5.32 Å². The minimum Gasteiger partial charge on any atom is -0.387 e. The number of hydrogen-bond acceptors (Lipinski definition) is 2. The molecule has 0 spiro atoms. The van der Waals surface area contributed by atoms with Crippen LogP contribution in [0.15, 0.2) is 72.9 Å². The maximum absolute atomic E-state index is 4.49. The Morgan fingerprint density at radius 1 is 0.750 bits per heavy atom. The number of anilines is 1. The van der Waals surface area contributed by atoms with Crippen molar-refractivity contribution >= 4 is 5.69 Å². The van der Waals surface area contributed by atoms with Gasteiger partial charge in [-0.3, -0.25) is 4.98 Å². The second kappa shape index (κ2) is 5.57. The van der Waals surface area contributed by atoms with Gasteiger partial charge in [0.1, 0.15) is 0 Å². The van der Waals surface area contributed by atoms with Crippen molar-refractivity contribution in [3.8, 4) is 22.4 Å². The molecule has 1 heterocycles. The van der Waals surface area contributed by atoms with Gasteiger partial charge in [0, 0.05) is 12.6 Å². The molecule has 20 heavy (non-hydrogen) atoms. The molecule has 2 aromatic carbocycles. The van der Waals surface area contributed by atoms with Crippen LogP contribution in [-0.4, -0.2) is 12.0 Å². The average molecular weight is 260 g/mol. The molecule has 0 bridgehead atoms. The fraction of sp³-hybridized carbons (Fsp3) is 0.0556. The smallest absolute Gasteiger partial charge is 0.0703 e. The molecule has 0 aliphatic heterocycles. The van der Waals surface area contributed by atoms with E-state index in [0.29, 0.717) is 0 Å². The molecule has 0 amide bonds. The van der Waals surface area contributed by atoms with Crippen LogP contribution in [0.4, 0.5) is 5.69 Å². The fourth-order valence-electron chi connectivity index (χ4n) is 2.20. The second-order valence-electron chi connectivity index (χ2n) is 4.63. The van der Waals surface area contributed by atoms with Gasteiger partial charge in [-0.25, -0.2) is 0 Å². The highest BCUT2D eigenvalue weighted by Gasteiger charge is 2.02. The summed E-state index contributed by atoms with van der Waals surface area (Å²) in [6.07, 6.45) is 1.85. The zero-order valence-electron chi connectivity index (χ0n) is 11.4. The molecule has 0 aliphatic carbocycles. The van der Waals surface area contributed by atoms with E-state index in [-0.39, 0.29) is 0 Å². The van der Waals surface area contributed by atoms with Gasteiger partial charge in [0.15, 0.2) is 0 Å². The lowest BCUT2D eigenvalue weighted by atomic mass is 10.0. The average Bonchev–Trinajstić information content (AvgIpc) is 2.56. The number of rotatable bonds is 3. The third-order valence-corrected chi connectivity index (χ3v) is 3.32. The lowest BCUT2D eigenvalue weighted by Crippen LogP contribution is -1.90. The summed E-state index contributed by atoms with van der Waals surface area (Å²) in [6.45, 7) is 0. The summed E-state index contributed by atoms with van der Waals surface area (Å²) >= 11 is 0. The van der Waals surface area contributed by atoms with Crippen LogP contribution in [0.2, 0.25) is 0 Å². The van der Waals surface area contributed by atoms with Gasteiger partial charge in [-0.15, -0.1) is 0 Å². The van der Waals surface area contributed by atoms with Crippen LogP contribution in [0, 0.1) is 0 Å². The van der Waals surface area contributed by atoms with Gasteiger partial charge in [-0.1, -0.05) is 48.5 Å². The van der Waals surface area contributed by atoms with E-state index in [0.717, 1.165) is 16.9 Å². The summed E-state index contributed by atoms with van der Waals surface area (Å²) in [5.74, 6) is 0. The van der Waals surface area contributed by atoms with E-state index in [1.165, 1.54) is 11.1 Å². The molecule has 1 N–H and O–H groups in total. The van der Waals surface area contributed by atoms with Crippen molar-refractivity contribution in [2.75, 3.05) is 12.4 Å². The van der Waals surface area contributed by atoms with Crippen molar-refractivity contribution in [1.29, 1.82) is 0 Å². The minimum atomic E-state index is 0.988. The van der Waals surface area contributed by atoms with E-state index in [2.05, 4.69) is 58.8 Å². The maximum atomic E-state index is 4.49. The van der Waals surface area contributed by atoms with Gasteiger partial charge in [-0.05, 0) is 29.3 Å². The molecule has 0 unspecified atom stereocenters. The third-order valence-electron chi connectivity index (χ3n) is 3.32. The lowest BCUT2D eigenvalue weighted by Gasteiger charge is -2.06. The Hall–Kier alpha value is -2.61. The van der Waals surface area contributed by atoms with Crippen molar-refractivity contribution in [1.82, 2.24) is 4.98 Å². The summed E-state index contributed by atoms with van der Waals surface area (Å²) in [7, 11) is 1.90. The Kier molecular flexibility index (Phi) is 3.46. The second-order valence-corrected chi connectivity index (χ2v) is 4.63. The SMILES string of the molecule is CNc1ccc(-c2cccc(-c3ccccc3)c2)nc1. The zero-order valence-corrected chi connectivity index (χ0v) is 11.4. The molecular formula is C18H16N2. The quantitative estimate of drug-likeness (QED) is 0.752. The first-order chi connectivity index (χ1) is 9.86. The van der Waals surface area contributed by atoms with Crippen molar-refractivity contribution in [2.45, 2.75) is 0 Å². The molecule has 0 saturated heterocycles. The van der Waals surface area contributed by atoms with E-state index < -0.39 is 0 Å². The Balaban J connectivity index is 1.98. The summed E-state index contributed by atoms with van der Waals surface area (Å²) in [6, 6.07) is 22.9. The first kappa shape index (κ1) is 12.4. The predicted octanol–water partition coefficient (Wildman–Crippen LogP) is 4.46. The van der Waals surface area contributed by atoms with Gasteiger partial charge >= 0.3 is 0 Å². The molecule has 1 aromatic heterocycles. The van der Waals surface area contributed by atoms with Crippen molar-refractivity contribution < 1.29 is 0 Å². The summed E-state index contributed by atoms with van der Waals surface area (Å²) < 4.78 is 0. The van der Waals surface area contributed by atoms with Crippen molar-refractivity contribution in [3.05, 3.63) is 72.9 Å². The molecule has 3 rings (SSSR count). The number of aromatic nitrogens is 1. The minimum absolute atomic E-state index is 0.988. The zero-order chi connectivity index (χ0) is 13.8. The third kappa shape index (κ3) is 2.54. The van der Waals surface area contributed by atoms with Crippen molar-refractivity contribution in [2.24, 2.45) is 0 Å². The highest BCUT2D eigenvalue weighted by Crippen LogP contribution is 2.25. The first-order valence-corrected chi connectivity index (χ1v) is 6.66. The Labute approximate surface area is 119 Å². The highest BCUT2D eigenvalue weighted by molar-refractivity contribution is 5.71. The lowest BCUT2D eigenvalue weighted by molar-refractivity contribution is 1.31. The molecule has 0 fully saturated rings. The Bertz CT molecular complexity index is 688. The van der Waals surface area contributed by atoms with E-state index in [1.807, 2.05) is 31.4 Å². The van der Waals surface area contributed by atoms with E-state index >= 15 is 0 Å². The summed E-state index contributed by atoms with van der Waals surface area (Å²) in [5.41, 5.74) is 5.58. The van der Waals surface area contributed by atoms with Crippen LogP contribution in [-0.2, 0) is 0 Å². The molecule has 3 aromatic rings. The van der Waals surface area contributed by atoms with Gasteiger partial charge < -0.3 is 5.32 Å². The van der Waals surface area contributed by atoms with E-state index in [9.17, 15) is 0 Å². The van der Waals surface area contributed by atoms with Gasteiger partial charge in [0.25, 0.3) is 0 Å². The number of nitrogens with one attached hydrogen (secondary N) is 1. The number of pyridine rings is 1. The van der Waals surface area contributed by atoms with Crippen LogP contribution >= 0.6 is 0 Å². The van der Waals surface area contributed by atoms with Crippen LogP contribution in [0.1, 0.15) is 0 Å². The van der Waals surface area contributed by atoms with Gasteiger partial charge in [0.2, 0.25) is 0 Å². The number of hydrogen-bond donors (Lipinski definition) is 1. The van der Waals surface area contributed by atoms with E-state index in [4.69, 9.17) is 0 Å². The van der Waals surface area contributed by atoms with Gasteiger partial charge in [-0.2, -0.15) is 0 Å². The largest absolute Gasteiger partial charge is 0.387 e. The molecule has 0 radical (unpaired) electrons. The van der Waals surface area contributed by atoms with Crippen LogP contribution in [0.5, 0.6) is 0 Å². The maximum Gasteiger partial charge on any atom is 0.0703 e. The molecule has 2 heteroatoms.